The minimum atomic E-state index is -0.734. The lowest BCUT2D eigenvalue weighted by atomic mass is 9.71. The molecular weight excluding hydrogens is 343 g/mol. The molecule has 12 heteroatoms. The summed E-state index contributed by atoms with van der Waals surface area (Å²) in [5.74, 6) is -0.977. The van der Waals surface area contributed by atoms with Gasteiger partial charge in [-0.15, -0.1) is 0 Å². The Hall–Kier alpha value is -3.57. The molecule has 0 spiro atoms. The second-order valence-electron chi connectivity index (χ2n) is 4.79. The highest BCUT2D eigenvalue weighted by atomic mass is 16.5. The zero-order valence-corrected chi connectivity index (χ0v) is 13.7. The van der Waals surface area contributed by atoms with Crippen molar-refractivity contribution in [3.63, 3.8) is 0 Å². The van der Waals surface area contributed by atoms with E-state index in [1.165, 1.54) is 31.8 Å². The van der Waals surface area contributed by atoms with Crippen LogP contribution in [0.3, 0.4) is 0 Å². The maximum absolute atomic E-state index is 11.7. The Labute approximate surface area is 147 Å². The first kappa shape index (κ1) is 18.8. The van der Waals surface area contributed by atoms with Crippen LogP contribution in [0.15, 0.2) is 33.0 Å². The Morgan fingerprint density at radius 2 is 2.19 bits per heavy atom. The standard InChI is InChI=1S/C14H14BN6O5/c1-2-26-13(24)8-3-4-9(16-6-8)7-17-19-10(22)5-15-11-12(23)18-14(25)21-20-11/h3-4,6-7H,2,5H2,1H3,(H,19,22)(H2,18,21,23,25)/b17-7-. The molecule has 11 nitrogen and oxygen atoms in total. The van der Waals surface area contributed by atoms with Crippen LogP contribution in [0.25, 0.3) is 0 Å². The van der Waals surface area contributed by atoms with E-state index in [-0.39, 0.29) is 18.5 Å². The Bertz CT molecular complexity index is 920. The van der Waals surface area contributed by atoms with Gasteiger partial charge in [0.15, 0.2) is 7.28 Å². The topological polar surface area (TPSA) is 159 Å². The van der Waals surface area contributed by atoms with Crippen LogP contribution in [0.5, 0.6) is 0 Å². The van der Waals surface area contributed by atoms with E-state index >= 15 is 0 Å². The Morgan fingerprint density at radius 1 is 1.38 bits per heavy atom. The van der Waals surface area contributed by atoms with E-state index in [1.807, 2.05) is 4.98 Å². The number of hydrogen-bond acceptors (Lipinski definition) is 8. The molecule has 2 rings (SSSR count). The molecule has 0 unspecified atom stereocenters. The molecule has 1 amide bonds. The summed E-state index contributed by atoms with van der Waals surface area (Å²) in [5.41, 5.74) is 1.45. The largest absolute Gasteiger partial charge is 0.462 e. The van der Waals surface area contributed by atoms with Crippen molar-refractivity contribution < 1.29 is 14.3 Å². The van der Waals surface area contributed by atoms with Crippen molar-refractivity contribution in [2.75, 3.05) is 6.61 Å². The van der Waals surface area contributed by atoms with Gasteiger partial charge in [-0.25, -0.2) is 20.1 Å². The van der Waals surface area contributed by atoms with Crippen molar-refractivity contribution in [3.8, 4) is 0 Å². The fourth-order valence-electron chi connectivity index (χ4n) is 1.72. The van der Waals surface area contributed by atoms with Gasteiger partial charge >= 0.3 is 11.7 Å². The van der Waals surface area contributed by atoms with Crippen LogP contribution in [0.1, 0.15) is 23.0 Å². The Kier molecular flexibility index (Phi) is 6.54. The minimum absolute atomic E-state index is 0.0834. The number of H-pyrrole nitrogens is 2. The molecule has 0 aliphatic rings. The third-order valence-corrected chi connectivity index (χ3v) is 2.90. The summed E-state index contributed by atoms with van der Waals surface area (Å²) in [7, 11) is 1.24. The first-order chi connectivity index (χ1) is 12.5. The number of hydrogen-bond donors (Lipinski definition) is 3. The average molecular weight is 357 g/mol. The van der Waals surface area contributed by atoms with Crippen LogP contribution in [0, 0.1) is 0 Å². The van der Waals surface area contributed by atoms with Crippen molar-refractivity contribution in [2.24, 2.45) is 5.10 Å². The number of ether oxygens (including phenoxy) is 1. The maximum Gasteiger partial charge on any atom is 0.342 e. The minimum Gasteiger partial charge on any atom is -0.462 e. The molecule has 0 aromatic carbocycles. The first-order valence-corrected chi connectivity index (χ1v) is 7.47. The lowest BCUT2D eigenvalue weighted by Gasteiger charge is -2.01. The number of amides is 1. The average Bonchev–Trinajstić information content (AvgIpc) is 2.62. The number of nitrogens with one attached hydrogen (secondary N) is 3. The number of aromatic amines is 2. The second kappa shape index (κ2) is 9.06. The number of carbonyl (C=O) groups is 2. The van der Waals surface area contributed by atoms with E-state index in [2.05, 4.69) is 25.7 Å². The number of rotatable bonds is 7. The molecule has 0 saturated carbocycles. The van der Waals surface area contributed by atoms with E-state index in [0.717, 1.165) is 0 Å². The van der Waals surface area contributed by atoms with Crippen LogP contribution >= 0.6 is 0 Å². The lowest BCUT2D eigenvalue weighted by molar-refractivity contribution is -0.118. The summed E-state index contributed by atoms with van der Waals surface area (Å²) in [5, 5.41) is 9.28. The molecular formula is C14H14BN6O5. The zero-order valence-electron chi connectivity index (χ0n) is 13.7. The molecule has 3 N–H and O–H groups in total. The highest BCUT2D eigenvalue weighted by molar-refractivity contribution is 6.55. The van der Waals surface area contributed by atoms with Crippen LogP contribution < -0.4 is 22.3 Å². The SMILES string of the molecule is CCOC(=O)c1ccc(/C=N\NC(=O)C[B]c2n[nH]c(=O)[nH]c2=O)nc1. The number of carbonyl (C=O) groups excluding carboxylic acids is 2. The maximum atomic E-state index is 11.7. The molecule has 0 aliphatic carbocycles. The van der Waals surface area contributed by atoms with Gasteiger partial charge < -0.3 is 4.74 Å². The van der Waals surface area contributed by atoms with Gasteiger partial charge in [0.2, 0.25) is 5.91 Å². The summed E-state index contributed by atoms with van der Waals surface area (Å²) in [6, 6.07) is 3.06. The lowest BCUT2D eigenvalue weighted by Crippen LogP contribution is -2.43. The predicted molar refractivity (Wildman–Crippen MR) is 91.6 cm³/mol. The number of esters is 1. The van der Waals surface area contributed by atoms with Gasteiger partial charge in [0.05, 0.1) is 29.7 Å². The first-order valence-electron chi connectivity index (χ1n) is 7.47. The van der Waals surface area contributed by atoms with Crippen LogP contribution in [0.4, 0.5) is 0 Å². The summed E-state index contributed by atoms with van der Waals surface area (Å²) < 4.78 is 4.84. The third-order valence-electron chi connectivity index (χ3n) is 2.90. The van der Waals surface area contributed by atoms with E-state index in [0.29, 0.717) is 11.3 Å². The van der Waals surface area contributed by atoms with E-state index in [4.69, 9.17) is 4.74 Å². The summed E-state index contributed by atoms with van der Waals surface area (Å²) in [4.78, 5) is 51.3. The smallest absolute Gasteiger partial charge is 0.342 e. The molecule has 0 saturated heterocycles. The fourth-order valence-corrected chi connectivity index (χ4v) is 1.72. The van der Waals surface area contributed by atoms with Gasteiger partial charge in [-0.1, -0.05) is 0 Å². The summed E-state index contributed by atoms with van der Waals surface area (Å²) in [6.45, 7) is 1.97. The fraction of sp³-hybridized carbons (Fsp3) is 0.214. The second-order valence-corrected chi connectivity index (χ2v) is 4.79. The molecule has 133 valence electrons. The van der Waals surface area contributed by atoms with E-state index in [1.54, 1.807) is 6.92 Å². The molecule has 0 aliphatic heterocycles. The normalized spacial score (nSPS) is 10.5. The molecule has 0 bridgehead atoms. The van der Waals surface area contributed by atoms with Gasteiger partial charge in [0, 0.05) is 12.5 Å². The molecule has 2 heterocycles. The van der Waals surface area contributed by atoms with Crippen molar-refractivity contribution >= 4 is 31.0 Å². The highest BCUT2D eigenvalue weighted by Crippen LogP contribution is 2.01. The van der Waals surface area contributed by atoms with E-state index < -0.39 is 23.1 Å². The van der Waals surface area contributed by atoms with E-state index in [9.17, 15) is 19.2 Å². The quantitative estimate of drug-likeness (QED) is 0.222. The molecule has 2 aromatic rings. The van der Waals surface area contributed by atoms with Gasteiger partial charge in [0.1, 0.15) is 0 Å². The Morgan fingerprint density at radius 3 is 2.85 bits per heavy atom. The molecule has 26 heavy (non-hydrogen) atoms. The van der Waals surface area contributed by atoms with Crippen LogP contribution in [-0.4, -0.2) is 52.1 Å². The van der Waals surface area contributed by atoms with Crippen molar-refractivity contribution in [3.05, 3.63) is 50.4 Å². The highest BCUT2D eigenvalue weighted by Gasteiger charge is 2.08. The summed E-state index contributed by atoms with van der Waals surface area (Å²) in [6.07, 6.45) is 2.45. The van der Waals surface area contributed by atoms with Crippen LogP contribution in [0.2, 0.25) is 6.32 Å². The van der Waals surface area contributed by atoms with Crippen LogP contribution in [-0.2, 0) is 9.53 Å². The van der Waals surface area contributed by atoms with Crippen molar-refractivity contribution in [1.29, 1.82) is 0 Å². The Balaban J connectivity index is 1.83. The molecule has 2 aromatic heterocycles. The molecule has 0 atom stereocenters. The molecule has 1 radical (unpaired) electrons. The van der Waals surface area contributed by atoms with Gasteiger partial charge in [0.25, 0.3) is 5.56 Å². The number of aromatic nitrogens is 4. The number of nitrogens with zero attached hydrogens (tertiary/aromatic N) is 3. The monoisotopic (exact) mass is 357 g/mol. The van der Waals surface area contributed by atoms with Crippen molar-refractivity contribution in [1.82, 2.24) is 25.6 Å². The number of pyridine rings is 1. The summed E-state index contributed by atoms with van der Waals surface area (Å²) >= 11 is 0. The number of hydrazone groups is 1. The molecule has 0 fully saturated rings. The zero-order chi connectivity index (χ0) is 18.9. The van der Waals surface area contributed by atoms with Crippen molar-refractivity contribution in [2.45, 2.75) is 13.2 Å². The predicted octanol–water partition coefficient (Wildman–Crippen LogP) is -2.07. The third kappa shape index (κ3) is 5.51. The van der Waals surface area contributed by atoms with Gasteiger partial charge in [-0.2, -0.15) is 10.2 Å². The van der Waals surface area contributed by atoms with Gasteiger partial charge in [-0.05, 0) is 19.1 Å². The van der Waals surface area contributed by atoms with Gasteiger partial charge in [-0.3, -0.25) is 19.6 Å².